The molecule has 0 unspecified atom stereocenters. The van der Waals surface area contributed by atoms with Crippen LogP contribution >= 0.6 is 11.3 Å². The van der Waals surface area contributed by atoms with Gasteiger partial charge in [0.15, 0.2) is 0 Å². The van der Waals surface area contributed by atoms with Crippen molar-refractivity contribution in [2.75, 3.05) is 5.32 Å². The second-order valence-electron chi connectivity index (χ2n) is 6.03. The monoisotopic (exact) mass is 387 g/mol. The van der Waals surface area contributed by atoms with E-state index in [0.717, 1.165) is 16.1 Å². The van der Waals surface area contributed by atoms with Crippen LogP contribution < -0.4 is 10.1 Å². The number of amides is 1. The fourth-order valence-electron chi connectivity index (χ4n) is 2.61. The maximum atomic E-state index is 12.6. The van der Waals surface area contributed by atoms with Crippen molar-refractivity contribution in [2.45, 2.75) is 6.61 Å². The summed E-state index contributed by atoms with van der Waals surface area (Å²) in [5.41, 5.74) is 2.56. The van der Waals surface area contributed by atoms with Crippen LogP contribution in [0.5, 0.6) is 5.75 Å². The fourth-order valence-corrected chi connectivity index (χ4v) is 3.37. The van der Waals surface area contributed by atoms with Crippen LogP contribution in [0.15, 0.2) is 84.5 Å². The van der Waals surface area contributed by atoms with E-state index in [1.165, 1.54) is 11.3 Å². The smallest absolute Gasteiger partial charge is 0.256 e. The lowest BCUT2D eigenvalue weighted by Gasteiger charge is -2.08. The van der Waals surface area contributed by atoms with E-state index >= 15 is 0 Å². The summed E-state index contributed by atoms with van der Waals surface area (Å²) in [6.07, 6.45) is 3.44. The summed E-state index contributed by atoms with van der Waals surface area (Å²) in [5.74, 6) is 0.946. The van der Waals surface area contributed by atoms with Gasteiger partial charge in [-0.25, -0.2) is 4.98 Å². The molecule has 0 radical (unpaired) electrons. The Morgan fingerprint density at radius 1 is 1.00 bits per heavy atom. The van der Waals surface area contributed by atoms with Gasteiger partial charge in [0.25, 0.3) is 5.91 Å². The third-order valence-corrected chi connectivity index (χ3v) is 4.91. The number of rotatable bonds is 6. The van der Waals surface area contributed by atoms with Gasteiger partial charge in [0.05, 0.1) is 0 Å². The third-order valence-electron chi connectivity index (χ3n) is 4.02. The largest absolute Gasteiger partial charge is 0.489 e. The highest BCUT2D eigenvalue weighted by atomic mass is 32.1. The van der Waals surface area contributed by atoms with Crippen LogP contribution in [0.3, 0.4) is 0 Å². The first kappa shape index (κ1) is 17.9. The van der Waals surface area contributed by atoms with Crippen molar-refractivity contribution in [1.82, 2.24) is 9.97 Å². The highest BCUT2D eigenvalue weighted by Gasteiger charge is 2.11. The van der Waals surface area contributed by atoms with Gasteiger partial charge in [0.2, 0.25) is 0 Å². The molecule has 1 N–H and O–H groups in total. The van der Waals surface area contributed by atoms with E-state index < -0.39 is 0 Å². The highest BCUT2D eigenvalue weighted by Crippen LogP contribution is 2.25. The SMILES string of the molecule is O=C(Nc1csc(-c2ccncc2)n1)c1cccc(OCc2ccccc2)c1. The summed E-state index contributed by atoms with van der Waals surface area (Å²) in [4.78, 5) is 21.0. The lowest BCUT2D eigenvalue weighted by atomic mass is 10.2. The first-order valence-corrected chi connectivity index (χ1v) is 9.60. The summed E-state index contributed by atoms with van der Waals surface area (Å²) in [5, 5.41) is 5.49. The Hall–Kier alpha value is -3.51. The summed E-state index contributed by atoms with van der Waals surface area (Å²) in [6.45, 7) is 0.452. The zero-order valence-electron chi connectivity index (χ0n) is 14.9. The van der Waals surface area contributed by atoms with Gasteiger partial charge >= 0.3 is 0 Å². The lowest BCUT2D eigenvalue weighted by Crippen LogP contribution is -2.12. The second-order valence-corrected chi connectivity index (χ2v) is 6.89. The molecule has 4 rings (SSSR count). The molecule has 1 amide bonds. The van der Waals surface area contributed by atoms with Crippen molar-refractivity contribution in [1.29, 1.82) is 0 Å². The van der Waals surface area contributed by atoms with Crippen LogP contribution in [0.1, 0.15) is 15.9 Å². The van der Waals surface area contributed by atoms with E-state index in [2.05, 4.69) is 15.3 Å². The molecule has 0 saturated heterocycles. The quantitative estimate of drug-likeness (QED) is 0.504. The van der Waals surface area contributed by atoms with E-state index in [-0.39, 0.29) is 5.91 Å². The number of anilines is 1. The van der Waals surface area contributed by atoms with Gasteiger partial charge < -0.3 is 10.1 Å². The van der Waals surface area contributed by atoms with Gasteiger partial charge in [0.1, 0.15) is 23.2 Å². The van der Waals surface area contributed by atoms with Gasteiger partial charge in [-0.2, -0.15) is 0 Å². The molecule has 0 saturated carbocycles. The average molecular weight is 387 g/mol. The normalized spacial score (nSPS) is 10.4. The van der Waals surface area contributed by atoms with Crippen molar-refractivity contribution in [3.8, 4) is 16.3 Å². The van der Waals surface area contributed by atoms with E-state index in [1.807, 2.05) is 53.9 Å². The molecule has 138 valence electrons. The maximum Gasteiger partial charge on any atom is 0.256 e. The number of hydrogen-bond donors (Lipinski definition) is 1. The number of carbonyl (C=O) groups excluding carboxylic acids is 1. The molecule has 0 bridgehead atoms. The maximum absolute atomic E-state index is 12.6. The van der Waals surface area contributed by atoms with E-state index in [4.69, 9.17) is 4.74 Å². The van der Waals surface area contributed by atoms with E-state index in [0.29, 0.717) is 23.7 Å². The van der Waals surface area contributed by atoms with Gasteiger partial charge in [0, 0.05) is 28.9 Å². The average Bonchev–Trinajstić information content (AvgIpc) is 3.22. The van der Waals surface area contributed by atoms with Crippen molar-refractivity contribution in [3.05, 3.63) is 95.6 Å². The summed E-state index contributed by atoms with van der Waals surface area (Å²) < 4.78 is 5.80. The molecule has 0 aliphatic heterocycles. The molecule has 0 aliphatic rings. The number of nitrogens with one attached hydrogen (secondary N) is 1. The fraction of sp³-hybridized carbons (Fsp3) is 0.0455. The predicted octanol–water partition coefficient (Wildman–Crippen LogP) is 5.04. The Balaban J connectivity index is 1.42. The third kappa shape index (κ3) is 4.42. The summed E-state index contributed by atoms with van der Waals surface area (Å²) in [6, 6.07) is 20.8. The predicted molar refractivity (Wildman–Crippen MR) is 111 cm³/mol. The number of hydrogen-bond acceptors (Lipinski definition) is 5. The molecule has 2 aromatic carbocycles. The molecule has 0 spiro atoms. The number of pyridine rings is 1. The van der Waals surface area contributed by atoms with Gasteiger partial charge in [-0.15, -0.1) is 11.3 Å². The van der Waals surface area contributed by atoms with Crippen LogP contribution in [0.4, 0.5) is 5.82 Å². The molecule has 28 heavy (non-hydrogen) atoms. The van der Waals surface area contributed by atoms with Crippen LogP contribution in [-0.2, 0) is 6.61 Å². The van der Waals surface area contributed by atoms with Crippen molar-refractivity contribution >= 4 is 23.1 Å². The molecule has 2 heterocycles. The number of nitrogens with zero attached hydrogens (tertiary/aromatic N) is 2. The topological polar surface area (TPSA) is 64.1 Å². The van der Waals surface area contributed by atoms with Crippen LogP contribution in [0.25, 0.3) is 10.6 Å². The minimum Gasteiger partial charge on any atom is -0.489 e. The Morgan fingerprint density at radius 3 is 2.64 bits per heavy atom. The minimum atomic E-state index is -0.225. The van der Waals surface area contributed by atoms with Crippen molar-refractivity contribution in [2.24, 2.45) is 0 Å². The summed E-state index contributed by atoms with van der Waals surface area (Å²) >= 11 is 1.47. The Morgan fingerprint density at radius 2 is 1.82 bits per heavy atom. The molecule has 0 atom stereocenters. The zero-order valence-corrected chi connectivity index (χ0v) is 15.7. The molecule has 0 fully saturated rings. The zero-order chi connectivity index (χ0) is 19.2. The highest BCUT2D eigenvalue weighted by molar-refractivity contribution is 7.13. The van der Waals surface area contributed by atoms with E-state index in [9.17, 15) is 4.79 Å². The van der Waals surface area contributed by atoms with Crippen LogP contribution in [-0.4, -0.2) is 15.9 Å². The summed E-state index contributed by atoms with van der Waals surface area (Å²) in [7, 11) is 0. The van der Waals surface area contributed by atoms with Gasteiger partial charge in [-0.3, -0.25) is 9.78 Å². The molecule has 5 nitrogen and oxygen atoms in total. The Bertz CT molecular complexity index is 1070. The first-order chi connectivity index (χ1) is 13.8. The van der Waals surface area contributed by atoms with Crippen molar-refractivity contribution < 1.29 is 9.53 Å². The number of thiazole rings is 1. The Labute approximate surface area is 166 Å². The molecule has 4 aromatic rings. The second kappa shape index (κ2) is 8.45. The first-order valence-electron chi connectivity index (χ1n) is 8.72. The molecule has 2 aromatic heterocycles. The number of benzene rings is 2. The number of carbonyl (C=O) groups is 1. The van der Waals surface area contributed by atoms with Crippen molar-refractivity contribution in [3.63, 3.8) is 0 Å². The minimum absolute atomic E-state index is 0.225. The van der Waals surface area contributed by atoms with Crippen LogP contribution in [0, 0.1) is 0 Å². The van der Waals surface area contributed by atoms with Gasteiger partial charge in [-0.1, -0.05) is 36.4 Å². The number of ether oxygens (including phenoxy) is 1. The Kier molecular flexibility index (Phi) is 5.40. The molecular formula is C22H17N3O2S. The molecular weight excluding hydrogens is 370 g/mol. The lowest BCUT2D eigenvalue weighted by molar-refractivity contribution is 0.102. The van der Waals surface area contributed by atoms with Gasteiger partial charge in [-0.05, 0) is 35.9 Å². The number of aromatic nitrogens is 2. The molecule has 0 aliphatic carbocycles. The standard InChI is InChI=1S/C22H17N3O2S/c26-21(24-20-15-28-22(25-20)17-9-11-23-12-10-17)18-7-4-8-19(13-18)27-14-16-5-2-1-3-6-16/h1-13,15H,14H2,(H,24,26). The van der Waals surface area contributed by atoms with E-state index in [1.54, 1.807) is 30.6 Å². The van der Waals surface area contributed by atoms with Crippen LogP contribution in [0.2, 0.25) is 0 Å². The molecule has 6 heteroatoms.